The summed E-state index contributed by atoms with van der Waals surface area (Å²) in [4.78, 5) is 14.2. The fourth-order valence-electron chi connectivity index (χ4n) is 2.55. The standard InChI is InChI=1S/C16H16ClN3O/c17-13-5-6-14(18)15(7-13)19-16(21)10-20-8-11-3-1-2-4-12(11)9-20/h1-7H,8-10,18H2,(H,19,21). The highest BCUT2D eigenvalue weighted by Crippen LogP contribution is 2.24. The first-order valence-corrected chi connectivity index (χ1v) is 7.13. The van der Waals surface area contributed by atoms with E-state index in [1.807, 2.05) is 12.1 Å². The van der Waals surface area contributed by atoms with E-state index in [0.29, 0.717) is 22.9 Å². The number of hydrogen-bond donors (Lipinski definition) is 2. The number of nitrogens with two attached hydrogens (primary N) is 1. The van der Waals surface area contributed by atoms with Crippen molar-refractivity contribution >= 4 is 28.9 Å². The quantitative estimate of drug-likeness (QED) is 0.857. The Balaban J connectivity index is 1.62. The van der Waals surface area contributed by atoms with Gasteiger partial charge in [-0.1, -0.05) is 35.9 Å². The van der Waals surface area contributed by atoms with Gasteiger partial charge in [0.25, 0.3) is 0 Å². The SMILES string of the molecule is Nc1ccc(Cl)cc1NC(=O)CN1Cc2ccccc2C1. The molecule has 1 aliphatic rings. The Hall–Kier alpha value is -2.04. The predicted octanol–water partition coefficient (Wildman–Crippen LogP) is 2.88. The number of fused-ring (bicyclic) bond motifs is 1. The Morgan fingerprint density at radius 2 is 1.86 bits per heavy atom. The normalized spacial score (nSPS) is 14.0. The van der Waals surface area contributed by atoms with Crippen molar-refractivity contribution in [3.63, 3.8) is 0 Å². The smallest absolute Gasteiger partial charge is 0.238 e. The molecule has 0 bridgehead atoms. The van der Waals surface area contributed by atoms with Gasteiger partial charge in [0.15, 0.2) is 0 Å². The van der Waals surface area contributed by atoms with Crippen molar-refractivity contribution in [1.82, 2.24) is 4.90 Å². The highest BCUT2D eigenvalue weighted by Gasteiger charge is 2.20. The van der Waals surface area contributed by atoms with Crippen molar-refractivity contribution < 1.29 is 4.79 Å². The van der Waals surface area contributed by atoms with Gasteiger partial charge in [0, 0.05) is 18.1 Å². The third-order valence-electron chi connectivity index (χ3n) is 3.56. The lowest BCUT2D eigenvalue weighted by Crippen LogP contribution is -2.29. The molecule has 0 unspecified atom stereocenters. The van der Waals surface area contributed by atoms with Crippen LogP contribution in [0.1, 0.15) is 11.1 Å². The minimum Gasteiger partial charge on any atom is -0.397 e. The first kappa shape index (κ1) is 13.9. The molecule has 108 valence electrons. The molecule has 0 atom stereocenters. The van der Waals surface area contributed by atoms with Crippen molar-refractivity contribution in [1.29, 1.82) is 0 Å². The number of hydrogen-bond acceptors (Lipinski definition) is 3. The Labute approximate surface area is 128 Å². The molecule has 0 aliphatic carbocycles. The molecule has 0 saturated heterocycles. The maximum absolute atomic E-state index is 12.1. The molecule has 3 N–H and O–H groups in total. The van der Waals surface area contributed by atoms with E-state index in [1.54, 1.807) is 18.2 Å². The summed E-state index contributed by atoms with van der Waals surface area (Å²) in [6, 6.07) is 13.3. The summed E-state index contributed by atoms with van der Waals surface area (Å²) >= 11 is 5.91. The largest absolute Gasteiger partial charge is 0.397 e. The van der Waals surface area contributed by atoms with Crippen LogP contribution in [0.15, 0.2) is 42.5 Å². The van der Waals surface area contributed by atoms with Crippen LogP contribution < -0.4 is 11.1 Å². The Kier molecular flexibility index (Phi) is 3.82. The minimum absolute atomic E-state index is 0.0863. The van der Waals surface area contributed by atoms with Crippen molar-refractivity contribution in [3.8, 4) is 0 Å². The van der Waals surface area contributed by atoms with Gasteiger partial charge in [-0.25, -0.2) is 0 Å². The van der Waals surface area contributed by atoms with Crippen molar-refractivity contribution in [2.45, 2.75) is 13.1 Å². The number of nitrogens with zero attached hydrogens (tertiary/aromatic N) is 1. The van der Waals surface area contributed by atoms with Gasteiger partial charge >= 0.3 is 0 Å². The molecule has 2 aromatic rings. The molecular weight excluding hydrogens is 286 g/mol. The van der Waals surface area contributed by atoms with Crippen LogP contribution in [0.25, 0.3) is 0 Å². The van der Waals surface area contributed by atoms with Crippen molar-refractivity contribution in [2.24, 2.45) is 0 Å². The summed E-state index contributed by atoms with van der Waals surface area (Å²) in [7, 11) is 0. The minimum atomic E-state index is -0.0863. The predicted molar refractivity (Wildman–Crippen MR) is 85.1 cm³/mol. The second kappa shape index (κ2) is 5.76. The molecule has 1 amide bonds. The van der Waals surface area contributed by atoms with Crippen LogP contribution in [-0.4, -0.2) is 17.4 Å². The van der Waals surface area contributed by atoms with Crippen molar-refractivity contribution in [2.75, 3.05) is 17.6 Å². The molecule has 0 saturated carbocycles. The summed E-state index contributed by atoms with van der Waals surface area (Å²) in [5.74, 6) is -0.0863. The average Bonchev–Trinajstić information content (AvgIpc) is 2.84. The summed E-state index contributed by atoms with van der Waals surface area (Å²) < 4.78 is 0. The number of nitrogen functional groups attached to an aromatic ring is 1. The number of benzene rings is 2. The number of rotatable bonds is 3. The van der Waals surface area contributed by atoms with Crippen LogP contribution in [0.3, 0.4) is 0 Å². The zero-order chi connectivity index (χ0) is 14.8. The van der Waals surface area contributed by atoms with Crippen LogP contribution in [0.4, 0.5) is 11.4 Å². The maximum Gasteiger partial charge on any atom is 0.238 e. The van der Waals surface area contributed by atoms with E-state index >= 15 is 0 Å². The summed E-state index contributed by atoms with van der Waals surface area (Å²) in [6.45, 7) is 1.93. The molecule has 1 heterocycles. The zero-order valence-electron chi connectivity index (χ0n) is 11.5. The van der Waals surface area contributed by atoms with E-state index in [1.165, 1.54) is 11.1 Å². The highest BCUT2D eigenvalue weighted by molar-refractivity contribution is 6.31. The molecule has 0 aromatic heterocycles. The monoisotopic (exact) mass is 301 g/mol. The average molecular weight is 302 g/mol. The third kappa shape index (κ3) is 3.17. The van der Waals surface area contributed by atoms with E-state index < -0.39 is 0 Å². The number of halogens is 1. The van der Waals surface area contributed by atoms with E-state index in [9.17, 15) is 4.79 Å². The van der Waals surface area contributed by atoms with Crippen molar-refractivity contribution in [3.05, 3.63) is 58.6 Å². The van der Waals surface area contributed by atoms with E-state index in [2.05, 4.69) is 22.3 Å². The van der Waals surface area contributed by atoms with Crippen LogP contribution in [0, 0.1) is 0 Å². The molecule has 0 radical (unpaired) electrons. The Morgan fingerprint density at radius 1 is 1.19 bits per heavy atom. The third-order valence-corrected chi connectivity index (χ3v) is 3.80. The lowest BCUT2D eigenvalue weighted by atomic mass is 10.1. The molecule has 1 aliphatic heterocycles. The van der Waals surface area contributed by atoms with E-state index in [0.717, 1.165) is 13.1 Å². The van der Waals surface area contributed by atoms with E-state index in [4.69, 9.17) is 17.3 Å². The Morgan fingerprint density at radius 3 is 2.52 bits per heavy atom. The molecule has 5 heteroatoms. The fraction of sp³-hybridized carbons (Fsp3) is 0.188. The topological polar surface area (TPSA) is 58.4 Å². The summed E-state index contributed by atoms with van der Waals surface area (Å²) in [6.07, 6.45) is 0. The fourth-order valence-corrected chi connectivity index (χ4v) is 2.72. The molecular formula is C16H16ClN3O. The number of amides is 1. The lowest BCUT2D eigenvalue weighted by molar-refractivity contribution is -0.117. The van der Waals surface area contributed by atoms with Gasteiger partial charge in [0.2, 0.25) is 5.91 Å². The number of carbonyl (C=O) groups is 1. The second-order valence-electron chi connectivity index (χ2n) is 5.19. The summed E-state index contributed by atoms with van der Waals surface area (Å²) in [5.41, 5.74) is 9.47. The Bertz CT molecular complexity index is 662. The summed E-state index contributed by atoms with van der Waals surface area (Å²) in [5, 5.41) is 3.36. The molecule has 2 aromatic carbocycles. The van der Waals surface area contributed by atoms with Crippen LogP contribution >= 0.6 is 11.6 Å². The lowest BCUT2D eigenvalue weighted by Gasteiger charge is -2.15. The number of carbonyl (C=O) groups excluding carboxylic acids is 1. The highest BCUT2D eigenvalue weighted by atomic mass is 35.5. The van der Waals surface area contributed by atoms with Gasteiger partial charge in [-0.15, -0.1) is 0 Å². The van der Waals surface area contributed by atoms with Crippen LogP contribution in [0.5, 0.6) is 0 Å². The van der Waals surface area contributed by atoms with Gasteiger partial charge < -0.3 is 11.1 Å². The molecule has 4 nitrogen and oxygen atoms in total. The second-order valence-corrected chi connectivity index (χ2v) is 5.63. The van der Waals surface area contributed by atoms with E-state index in [-0.39, 0.29) is 5.91 Å². The van der Waals surface area contributed by atoms with Gasteiger partial charge in [0.1, 0.15) is 0 Å². The van der Waals surface area contributed by atoms with Gasteiger partial charge in [-0.05, 0) is 29.3 Å². The number of nitrogens with one attached hydrogen (secondary N) is 1. The van der Waals surface area contributed by atoms with Gasteiger partial charge in [-0.3, -0.25) is 9.69 Å². The molecule has 0 spiro atoms. The van der Waals surface area contributed by atoms with Gasteiger partial charge in [0.05, 0.1) is 17.9 Å². The zero-order valence-corrected chi connectivity index (χ0v) is 12.2. The maximum atomic E-state index is 12.1. The molecule has 3 rings (SSSR count). The van der Waals surface area contributed by atoms with Crippen LogP contribution in [-0.2, 0) is 17.9 Å². The first-order chi connectivity index (χ1) is 10.1. The van der Waals surface area contributed by atoms with Gasteiger partial charge in [-0.2, -0.15) is 0 Å². The number of anilines is 2. The molecule has 0 fully saturated rings. The molecule has 21 heavy (non-hydrogen) atoms. The van der Waals surface area contributed by atoms with Crippen LogP contribution in [0.2, 0.25) is 5.02 Å². The first-order valence-electron chi connectivity index (χ1n) is 6.76.